The van der Waals surface area contributed by atoms with Crippen LogP contribution in [0.5, 0.6) is 0 Å². The summed E-state index contributed by atoms with van der Waals surface area (Å²) < 4.78 is 3.55. The van der Waals surface area contributed by atoms with Crippen molar-refractivity contribution >= 4 is 11.8 Å². The molecule has 0 unspecified atom stereocenters. The molecule has 12 heteroatoms. The van der Waals surface area contributed by atoms with Crippen molar-refractivity contribution in [2.75, 3.05) is 6.54 Å². The van der Waals surface area contributed by atoms with Gasteiger partial charge in [-0.1, -0.05) is 48.5 Å². The molecule has 4 atom stereocenters. The highest BCUT2D eigenvalue weighted by atomic mass is 16.2. The van der Waals surface area contributed by atoms with E-state index in [1.165, 1.54) is 0 Å². The number of likely N-dealkylation sites (tertiary alicyclic amines) is 2. The third-order valence-electron chi connectivity index (χ3n) is 10.9. The largest absolute Gasteiger partial charge is 0.340 e. The van der Waals surface area contributed by atoms with Crippen LogP contribution in [0.15, 0.2) is 86.0 Å². The molecule has 2 aromatic carbocycles. The van der Waals surface area contributed by atoms with E-state index < -0.39 is 0 Å². The Hall–Kier alpha value is -5.78. The first-order chi connectivity index (χ1) is 24.4. The minimum absolute atomic E-state index is 0.0192. The quantitative estimate of drug-likeness (QED) is 0.217. The van der Waals surface area contributed by atoms with Gasteiger partial charge in [-0.3, -0.25) is 9.59 Å². The topological polar surface area (TPSA) is 134 Å². The lowest BCUT2D eigenvalue weighted by Crippen LogP contribution is -2.41. The van der Waals surface area contributed by atoms with Gasteiger partial charge < -0.3 is 28.9 Å². The van der Waals surface area contributed by atoms with Gasteiger partial charge >= 0.3 is 0 Å². The van der Waals surface area contributed by atoms with Gasteiger partial charge in [-0.05, 0) is 60.3 Å². The SMILES string of the molecule is Cn1cncc1C(=O)N1CCC[C@H]1c1ncc(-c2ccc(-c3ccc(-c4cnc([C@H]5[C@H]6CC[C@@H](C6)N5C(=O)c5cncn5C)[nH]4)cc3)cc2)[nH]1. The number of rotatable bonds is 7. The number of carbonyl (C=O) groups excluding carboxylic acids is 2. The zero-order chi connectivity index (χ0) is 33.9. The number of fused-ring (bicyclic) bond motifs is 2. The molecule has 3 fully saturated rings. The highest BCUT2D eigenvalue weighted by Crippen LogP contribution is 2.50. The molecule has 1 aliphatic carbocycles. The Morgan fingerprint density at radius 2 is 1.24 bits per heavy atom. The average Bonchev–Trinajstić information content (AvgIpc) is 3.99. The van der Waals surface area contributed by atoms with Crippen LogP contribution in [-0.4, -0.2) is 73.2 Å². The highest BCUT2D eigenvalue weighted by molar-refractivity contribution is 5.93. The fourth-order valence-corrected chi connectivity index (χ4v) is 8.30. The number of aromatic amines is 2. The predicted molar refractivity (Wildman–Crippen MR) is 187 cm³/mol. The molecule has 1 saturated carbocycles. The van der Waals surface area contributed by atoms with Gasteiger partial charge in [0.25, 0.3) is 11.8 Å². The summed E-state index contributed by atoms with van der Waals surface area (Å²) in [5.41, 5.74) is 7.36. The number of nitrogens with one attached hydrogen (secondary N) is 2. The Morgan fingerprint density at radius 1 is 0.680 bits per heavy atom. The van der Waals surface area contributed by atoms with E-state index >= 15 is 0 Å². The smallest absolute Gasteiger partial charge is 0.273 e. The highest BCUT2D eigenvalue weighted by Gasteiger charge is 2.50. The number of amides is 2. The molecule has 3 aliphatic rings. The lowest BCUT2D eigenvalue weighted by Gasteiger charge is -2.34. The second kappa shape index (κ2) is 12.0. The third-order valence-corrected chi connectivity index (χ3v) is 10.9. The van der Waals surface area contributed by atoms with E-state index in [1.807, 2.05) is 36.3 Å². The first kappa shape index (κ1) is 30.3. The van der Waals surface area contributed by atoms with Gasteiger partial charge in [-0.25, -0.2) is 19.9 Å². The van der Waals surface area contributed by atoms with Crippen molar-refractivity contribution in [3.8, 4) is 33.6 Å². The fourth-order valence-electron chi connectivity index (χ4n) is 8.30. The number of imidazole rings is 4. The van der Waals surface area contributed by atoms with E-state index in [0.717, 1.165) is 77.4 Å². The summed E-state index contributed by atoms with van der Waals surface area (Å²) in [7, 11) is 3.70. The van der Waals surface area contributed by atoms with E-state index in [9.17, 15) is 9.59 Å². The zero-order valence-electron chi connectivity index (χ0n) is 28.0. The number of aryl methyl sites for hydroxylation is 2. The Bertz CT molecular complexity index is 2190. The van der Waals surface area contributed by atoms with Crippen LogP contribution in [0.4, 0.5) is 0 Å². The van der Waals surface area contributed by atoms with Gasteiger partial charge in [0.15, 0.2) is 0 Å². The van der Waals surface area contributed by atoms with Crippen molar-refractivity contribution in [3.63, 3.8) is 0 Å². The minimum Gasteiger partial charge on any atom is -0.340 e. The van der Waals surface area contributed by atoms with Crippen LogP contribution >= 0.6 is 0 Å². The normalized spacial score (nSPS) is 21.4. The maximum atomic E-state index is 13.6. The second-order valence-corrected chi connectivity index (χ2v) is 13.8. The number of aromatic nitrogens is 8. The molecule has 2 saturated heterocycles. The van der Waals surface area contributed by atoms with Crippen molar-refractivity contribution in [3.05, 3.63) is 109 Å². The molecular weight excluding hydrogens is 628 g/mol. The molecule has 0 spiro atoms. The second-order valence-electron chi connectivity index (χ2n) is 13.8. The Kier molecular flexibility index (Phi) is 7.25. The fraction of sp³-hybridized carbons (Fsp3) is 0.316. The number of benzene rings is 2. The summed E-state index contributed by atoms with van der Waals surface area (Å²) in [6, 6.07) is 17.0. The molecular formula is C38H38N10O2. The summed E-state index contributed by atoms with van der Waals surface area (Å²) in [4.78, 5) is 55.6. The van der Waals surface area contributed by atoms with Gasteiger partial charge in [0.1, 0.15) is 23.0 Å². The van der Waals surface area contributed by atoms with Crippen LogP contribution < -0.4 is 0 Å². The van der Waals surface area contributed by atoms with Gasteiger partial charge in [-0.15, -0.1) is 0 Å². The minimum atomic E-state index is -0.0868. The van der Waals surface area contributed by atoms with Gasteiger partial charge in [0, 0.05) is 26.7 Å². The van der Waals surface area contributed by atoms with Crippen LogP contribution in [0, 0.1) is 5.92 Å². The first-order valence-corrected chi connectivity index (χ1v) is 17.3. The van der Waals surface area contributed by atoms with Gasteiger partial charge in [-0.2, -0.15) is 0 Å². The number of piperidine rings is 1. The van der Waals surface area contributed by atoms with E-state index in [-0.39, 0.29) is 29.9 Å². The van der Waals surface area contributed by atoms with Crippen molar-refractivity contribution in [2.24, 2.45) is 20.0 Å². The monoisotopic (exact) mass is 666 g/mol. The number of H-pyrrole nitrogens is 2. The summed E-state index contributed by atoms with van der Waals surface area (Å²) in [6.07, 6.45) is 15.3. The average molecular weight is 667 g/mol. The van der Waals surface area contributed by atoms with Crippen molar-refractivity contribution in [1.82, 2.24) is 48.8 Å². The lowest BCUT2D eigenvalue weighted by molar-refractivity contribution is 0.0569. The molecule has 0 radical (unpaired) electrons. The van der Waals surface area contributed by atoms with Crippen molar-refractivity contribution in [1.29, 1.82) is 0 Å². The van der Waals surface area contributed by atoms with Crippen LogP contribution in [0.25, 0.3) is 33.6 Å². The molecule has 50 heavy (non-hydrogen) atoms. The zero-order valence-corrected chi connectivity index (χ0v) is 28.0. The first-order valence-electron chi connectivity index (χ1n) is 17.3. The van der Waals surface area contributed by atoms with Crippen LogP contribution in [0.3, 0.4) is 0 Å². The Balaban J connectivity index is 0.890. The number of hydrogen-bond acceptors (Lipinski definition) is 6. The summed E-state index contributed by atoms with van der Waals surface area (Å²) >= 11 is 0. The van der Waals surface area contributed by atoms with Crippen LogP contribution in [0.1, 0.15) is 76.8 Å². The molecule has 2 aliphatic heterocycles. The maximum absolute atomic E-state index is 13.6. The molecule has 6 heterocycles. The molecule has 2 bridgehead atoms. The summed E-state index contributed by atoms with van der Waals surface area (Å²) in [6.45, 7) is 0.702. The van der Waals surface area contributed by atoms with E-state index in [1.54, 1.807) is 34.2 Å². The third kappa shape index (κ3) is 5.05. The van der Waals surface area contributed by atoms with Crippen molar-refractivity contribution < 1.29 is 9.59 Å². The number of nitrogens with zero attached hydrogens (tertiary/aromatic N) is 8. The van der Waals surface area contributed by atoms with Crippen LogP contribution in [-0.2, 0) is 14.1 Å². The number of hydrogen-bond donors (Lipinski definition) is 2. The lowest BCUT2D eigenvalue weighted by atomic mass is 9.97. The standard InChI is InChI=1S/C38H38N10O2/c1-45-21-39-19-32(45)37(49)47-15-3-4-31(47)35-41-17-29(43-35)25-9-5-23(6-10-25)24-7-11-26(12-8-24)30-18-42-36(44-30)34-27-13-14-28(16-27)48(34)38(50)33-20-40-22-46(33)2/h5-12,17-22,27-28,31,34H,3-4,13-16H2,1-2H3,(H,41,43)(H,42,44)/t27-,28-,31-,34+/m0/s1. The molecule has 252 valence electrons. The molecule has 6 aromatic rings. The summed E-state index contributed by atoms with van der Waals surface area (Å²) in [5, 5.41) is 0. The van der Waals surface area contributed by atoms with E-state index in [0.29, 0.717) is 23.9 Å². The van der Waals surface area contributed by atoms with E-state index in [4.69, 9.17) is 9.97 Å². The van der Waals surface area contributed by atoms with Gasteiger partial charge in [0.2, 0.25) is 0 Å². The molecule has 12 nitrogen and oxygen atoms in total. The molecule has 2 N–H and O–H groups in total. The van der Waals surface area contributed by atoms with Gasteiger partial charge in [0.05, 0.1) is 60.9 Å². The van der Waals surface area contributed by atoms with Crippen molar-refractivity contribution in [2.45, 2.75) is 50.2 Å². The molecule has 4 aromatic heterocycles. The maximum Gasteiger partial charge on any atom is 0.273 e. The van der Waals surface area contributed by atoms with E-state index in [2.05, 4.69) is 68.5 Å². The Morgan fingerprint density at radius 3 is 1.84 bits per heavy atom. The molecule has 2 amide bonds. The Labute approximate surface area is 289 Å². The number of carbonyl (C=O) groups is 2. The molecule has 9 rings (SSSR count). The predicted octanol–water partition coefficient (Wildman–Crippen LogP) is 5.94. The van der Waals surface area contributed by atoms with Crippen LogP contribution in [0.2, 0.25) is 0 Å². The summed E-state index contributed by atoms with van der Waals surface area (Å²) in [5.74, 6) is 2.08.